The van der Waals surface area contributed by atoms with Crippen LogP contribution < -0.4 is 5.32 Å². The minimum absolute atomic E-state index is 0.664. The van der Waals surface area contributed by atoms with Crippen molar-refractivity contribution in [3.8, 4) is 0 Å². The second-order valence-electron chi connectivity index (χ2n) is 5.39. The van der Waals surface area contributed by atoms with Crippen molar-refractivity contribution in [1.82, 2.24) is 25.4 Å². The maximum Gasteiger partial charge on any atom is 0.137 e. The van der Waals surface area contributed by atoms with E-state index in [1.165, 1.54) is 32.4 Å². The SMILES string of the molecule is CC(C)N1CCCC(NCCc2ncn[nH]2)CC1. The fourth-order valence-electron chi connectivity index (χ4n) is 2.59. The Balaban J connectivity index is 1.67. The molecule has 0 radical (unpaired) electrons. The van der Waals surface area contributed by atoms with Crippen LogP contribution in [0, 0.1) is 0 Å². The molecule has 2 rings (SSSR count). The first-order valence-electron chi connectivity index (χ1n) is 7.07. The van der Waals surface area contributed by atoms with Crippen LogP contribution in [0.3, 0.4) is 0 Å². The zero-order valence-corrected chi connectivity index (χ0v) is 11.5. The number of nitrogens with zero attached hydrogens (tertiary/aromatic N) is 3. The molecule has 2 heterocycles. The Morgan fingerprint density at radius 1 is 1.44 bits per heavy atom. The summed E-state index contributed by atoms with van der Waals surface area (Å²) < 4.78 is 0. The topological polar surface area (TPSA) is 56.8 Å². The van der Waals surface area contributed by atoms with Crippen molar-refractivity contribution in [3.63, 3.8) is 0 Å². The van der Waals surface area contributed by atoms with Gasteiger partial charge >= 0.3 is 0 Å². The lowest BCUT2D eigenvalue weighted by atomic mass is 10.1. The quantitative estimate of drug-likeness (QED) is 0.825. The Bertz CT molecular complexity index is 322. The minimum atomic E-state index is 0.664. The Morgan fingerprint density at radius 3 is 3.06 bits per heavy atom. The third-order valence-electron chi connectivity index (χ3n) is 3.75. The maximum atomic E-state index is 4.14. The molecule has 1 fully saturated rings. The normalized spacial score (nSPS) is 22.3. The van der Waals surface area contributed by atoms with Gasteiger partial charge in [-0.15, -0.1) is 0 Å². The summed E-state index contributed by atoms with van der Waals surface area (Å²) in [6, 6.07) is 1.34. The van der Waals surface area contributed by atoms with E-state index in [0.717, 1.165) is 18.8 Å². The first-order valence-corrected chi connectivity index (χ1v) is 7.07. The van der Waals surface area contributed by atoms with Gasteiger partial charge in [-0.1, -0.05) is 0 Å². The predicted molar refractivity (Wildman–Crippen MR) is 72.4 cm³/mol. The molecule has 18 heavy (non-hydrogen) atoms. The molecule has 1 saturated heterocycles. The van der Waals surface area contributed by atoms with E-state index in [2.05, 4.69) is 39.2 Å². The Morgan fingerprint density at radius 2 is 2.33 bits per heavy atom. The number of likely N-dealkylation sites (tertiary alicyclic amines) is 1. The van der Waals surface area contributed by atoms with Crippen LogP contribution in [0.2, 0.25) is 0 Å². The fourth-order valence-corrected chi connectivity index (χ4v) is 2.59. The molecule has 1 aromatic rings. The van der Waals surface area contributed by atoms with E-state index in [0.29, 0.717) is 12.1 Å². The molecule has 0 saturated carbocycles. The monoisotopic (exact) mass is 251 g/mol. The van der Waals surface area contributed by atoms with E-state index >= 15 is 0 Å². The summed E-state index contributed by atoms with van der Waals surface area (Å²) in [6.45, 7) is 8.03. The zero-order chi connectivity index (χ0) is 12.8. The van der Waals surface area contributed by atoms with Crippen molar-refractivity contribution in [2.45, 2.75) is 51.6 Å². The van der Waals surface area contributed by atoms with Crippen molar-refractivity contribution >= 4 is 0 Å². The van der Waals surface area contributed by atoms with Gasteiger partial charge in [0.15, 0.2) is 0 Å². The van der Waals surface area contributed by atoms with Crippen molar-refractivity contribution in [3.05, 3.63) is 12.2 Å². The molecule has 5 nitrogen and oxygen atoms in total. The number of H-pyrrole nitrogens is 1. The van der Waals surface area contributed by atoms with Crippen LogP contribution in [-0.2, 0) is 6.42 Å². The molecular formula is C13H25N5. The van der Waals surface area contributed by atoms with E-state index in [-0.39, 0.29) is 0 Å². The summed E-state index contributed by atoms with van der Waals surface area (Å²) in [5, 5.41) is 10.4. The summed E-state index contributed by atoms with van der Waals surface area (Å²) in [5.41, 5.74) is 0. The van der Waals surface area contributed by atoms with Crippen molar-refractivity contribution in [2.75, 3.05) is 19.6 Å². The smallest absolute Gasteiger partial charge is 0.137 e. The number of hydrogen-bond acceptors (Lipinski definition) is 4. The Labute approximate surface area is 109 Å². The van der Waals surface area contributed by atoms with Crippen LogP contribution in [0.15, 0.2) is 6.33 Å². The average Bonchev–Trinajstić information content (AvgIpc) is 2.73. The lowest BCUT2D eigenvalue weighted by Gasteiger charge is -2.24. The molecule has 1 atom stereocenters. The average molecular weight is 251 g/mol. The summed E-state index contributed by atoms with van der Waals surface area (Å²) in [5.74, 6) is 0.972. The van der Waals surface area contributed by atoms with Crippen molar-refractivity contribution in [2.24, 2.45) is 0 Å². The summed E-state index contributed by atoms with van der Waals surface area (Å²) in [6.07, 6.45) is 6.36. The highest BCUT2D eigenvalue weighted by atomic mass is 15.2. The first kappa shape index (κ1) is 13.5. The lowest BCUT2D eigenvalue weighted by molar-refractivity contribution is 0.229. The molecule has 5 heteroatoms. The highest BCUT2D eigenvalue weighted by molar-refractivity contribution is 4.82. The van der Waals surface area contributed by atoms with Crippen LogP contribution in [0.5, 0.6) is 0 Å². The highest BCUT2D eigenvalue weighted by Crippen LogP contribution is 2.13. The predicted octanol–water partition coefficient (Wildman–Crippen LogP) is 1.20. The molecular weight excluding hydrogens is 226 g/mol. The third kappa shape index (κ3) is 4.07. The molecule has 0 bridgehead atoms. The molecule has 0 spiro atoms. The van der Waals surface area contributed by atoms with Gasteiger partial charge in [-0.2, -0.15) is 5.10 Å². The summed E-state index contributed by atoms with van der Waals surface area (Å²) in [7, 11) is 0. The lowest BCUT2D eigenvalue weighted by Crippen LogP contribution is -2.34. The van der Waals surface area contributed by atoms with Gasteiger partial charge in [0, 0.05) is 25.0 Å². The number of aromatic nitrogens is 3. The van der Waals surface area contributed by atoms with Gasteiger partial charge in [-0.3, -0.25) is 5.10 Å². The zero-order valence-electron chi connectivity index (χ0n) is 11.5. The van der Waals surface area contributed by atoms with Gasteiger partial charge < -0.3 is 10.2 Å². The molecule has 0 aliphatic carbocycles. The molecule has 0 aromatic carbocycles. The molecule has 102 valence electrons. The van der Waals surface area contributed by atoms with Crippen LogP contribution >= 0.6 is 0 Å². The van der Waals surface area contributed by atoms with Crippen molar-refractivity contribution < 1.29 is 0 Å². The van der Waals surface area contributed by atoms with Crippen molar-refractivity contribution in [1.29, 1.82) is 0 Å². The Hall–Kier alpha value is -0.940. The van der Waals surface area contributed by atoms with Crippen LogP contribution in [0.4, 0.5) is 0 Å². The molecule has 1 unspecified atom stereocenters. The molecule has 1 aliphatic heterocycles. The van der Waals surface area contributed by atoms with E-state index in [1.54, 1.807) is 6.33 Å². The van der Waals surface area contributed by atoms with Gasteiger partial charge in [0.2, 0.25) is 0 Å². The Kier molecular flexibility index (Phi) is 5.13. The molecule has 2 N–H and O–H groups in total. The third-order valence-corrected chi connectivity index (χ3v) is 3.75. The second kappa shape index (κ2) is 6.85. The van der Waals surface area contributed by atoms with E-state index in [4.69, 9.17) is 0 Å². The highest BCUT2D eigenvalue weighted by Gasteiger charge is 2.17. The van der Waals surface area contributed by atoms with Gasteiger partial charge in [0.1, 0.15) is 12.2 Å². The van der Waals surface area contributed by atoms with Gasteiger partial charge in [-0.05, 0) is 46.2 Å². The molecule has 1 aliphatic rings. The summed E-state index contributed by atoms with van der Waals surface area (Å²) >= 11 is 0. The number of aromatic amines is 1. The fraction of sp³-hybridized carbons (Fsp3) is 0.846. The minimum Gasteiger partial charge on any atom is -0.313 e. The van der Waals surface area contributed by atoms with Crippen LogP contribution in [0.1, 0.15) is 38.9 Å². The maximum absolute atomic E-state index is 4.14. The summed E-state index contributed by atoms with van der Waals surface area (Å²) in [4.78, 5) is 6.72. The largest absolute Gasteiger partial charge is 0.313 e. The second-order valence-corrected chi connectivity index (χ2v) is 5.39. The van der Waals surface area contributed by atoms with E-state index in [9.17, 15) is 0 Å². The van der Waals surface area contributed by atoms with Gasteiger partial charge in [-0.25, -0.2) is 4.98 Å². The number of hydrogen-bond donors (Lipinski definition) is 2. The first-order chi connectivity index (χ1) is 8.75. The van der Waals surface area contributed by atoms with E-state index in [1.807, 2.05) is 0 Å². The van der Waals surface area contributed by atoms with Gasteiger partial charge in [0.05, 0.1) is 0 Å². The van der Waals surface area contributed by atoms with Crippen LogP contribution in [0.25, 0.3) is 0 Å². The molecule has 1 aromatic heterocycles. The standard InChI is InChI=1S/C13H25N5/c1-11(2)18-8-3-4-12(6-9-18)14-7-5-13-15-10-16-17-13/h10-12,14H,3-9H2,1-2H3,(H,15,16,17). The molecule has 0 amide bonds. The van der Waals surface area contributed by atoms with Gasteiger partial charge in [0.25, 0.3) is 0 Å². The number of rotatable bonds is 5. The number of nitrogens with one attached hydrogen (secondary N) is 2. The van der Waals surface area contributed by atoms with Crippen LogP contribution in [-0.4, -0.2) is 51.8 Å². The van der Waals surface area contributed by atoms with E-state index < -0.39 is 0 Å².